The van der Waals surface area contributed by atoms with Gasteiger partial charge in [-0.3, -0.25) is 4.98 Å². The lowest BCUT2D eigenvalue weighted by Gasteiger charge is -2.34. The molecule has 1 aliphatic rings. The Bertz CT molecular complexity index is 526. The second kappa shape index (κ2) is 7.31. The zero-order chi connectivity index (χ0) is 15.3. The fourth-order valence-corrected chi connectivity index (χ4v) is 3.94. The minimum Gasteiger partial charge on any atom is -0.373 e. The van der Waals surface area contributed by atoms with E-state index in [0.29, 0.717) is 26.2 Å². The Balaban J connectivity index is 1.78. The molecule has 1 aliphatic heterocycles. The Morgan fingerprint density at radius 3 is 2.67 bits per heavy atom. The zero-order valence-electron chi connectivity index (χ0n) is 12.5. The molecule has 2 atom stereocenters. The maximum atomic E-state index is 12.3. The first-order valence-electron chi connectivity index (χ1n) is 7.21. The number of pyridine rings is 1. The predicted octanol–water partition coefficient (Wildman–Crippen LogP) is 0.610. The average molecular weight is 313 g/mol. The molecule has 0 aliphatic carbocycles. The zero-order valence-corrected chi connectivity index (χ0v) is 13.3. The number of ether oxygens (including phenoxy) is 1. The molecule has 1 aromatic rings. The molecule has 1 saturated heterocycles. The van der Waals surface area contributed by atoms with Gasteiger partial charge in [-0.15, -0.1) is 0 Å². The smallest absolute Gasteiger partial charge is 0.215 e. The molecular formula is C14H23N3O3S. The van der Waals surface area contributed by atoms with Gasteiger partial charge in [0.1, 0.15) is 0 Å². The number of aromatic nitrogens is 1. The predicted molar refractivity (Wildman–Crippen MR) is 81.3 cm³/mol. The number of rotatable bonds is 6. The Labute approximate surface area is 126 Å². The van der Waals surface area contributed by atoms with Crippen LogP contribution in [0.3, 0.4) is 0 Å². The van der Waals surface area contributed by atoms with E-state index in [1.165, 1.54) is 4.31 Å². The summed E-state index contributed by atoms with van der Waals surface area (Å²) in [5, 5.41) is 3.12. The van der Waals surface area contributed by atoms with Crippen LogP contribution in [-0.4, -0.2) is 55.3 Å². The van der Waals surface area contributed by atoms with E-state index in [1.54, 1.807) is 6.20 Å². The van der Waals surface area contributed by atoms with Gasteiger partial charge in [0, 0.05) is 32.4 Å². The van der Waals surface area contributed by atoms with Crippen molar-refractivity contribution in [3.05, 3.63) is 30.1 Å². The van der Waals surface area contributed by atoms with Crippen LogP contribution >= 0.6 is 0 Å². The molecule has 118 valence electrons. The summed E-state index contributed by atoms with van der Waals surface area (Å²) >= 11 is 0. The number of morpholine rings is 1. The maximum Gasteiger partial charge on any atom is 0.215 e. The highest BCUT2D eigenvalue weighted by Crippen LogP contribution is 2.14. The molecule has 0 bridgehead atoms. The molecule has 7 heteroatoms. The first kappa shape index (κ1) is 16.4. The molecular weight excluding hydrogens is 290 g/mol. The van der Waals surface area contributed by atoms with Crippen LogP contribution in [0.15, 0.2) is 24.4 Å². The molecule has 0 saturated carbocycles. The standard InChI is InChI=1S/C14H23N3O3S/c1-12-10-17(11-13(2)20-12)21(18,19)8-7-15-9-14-5-3-4-6-16-14/h3-6,12-13,15H,7-11H2,1-2H3/t12-,13-/m0/s1. The SMILES string of the molecule is C[C@H]1CN(S(=O)(=O)CCNCc2ccccn2)C[C@H](C)O1. The van der Waals surface area contributed by atoms with Crippen molar-refractivity contribution in [2.75, 3.05) is 25.4 Å². The summed E-state index contributed by atoms with van der Waals surface area (Å²) in [5.74, 6) is 0.0965. The molecule has 0 amide bonds. The summed E-state index contributed by atoms with van der Waals surface area (Å²) in [5.41, 5.74) is 0.906. The molecule has 1 aromatic heterocycles. The first-order chi connectivity index (χ1) is 9.97. The van der Waals surface area contributed by atoms with Crippen molar-refractivity contribution in [1.82, 2.24) is 14.6 Å². The molecule has 1 N–H and O–H groups in total. The minimum absolute atomic E-state index is 0.0509. The van der Waals surface area contributed by atoms with Gasteiger partial charge in [-0.1, -0.05) is 6.07 Å². The van der Waals surface area contributed by atoms with Gasteiger partial charge < -0.3 is 10.1 Å². The van der Waals surface area contributed by atoms with Crippen LogP contribution in [0.5, 0.6) is 0 Å². The molecule has 21 heavy (non-hydrogen) atoms. The van der Waals surface area contributed by atoms with Crippen LogP contribution in [0.1, 0.15) is 19.5 Å². The molecule has 0 spiro atoms. The highest BCUT2D eigenvalue weighted by molar-refractivity contribution is 7.89. The number of nitrogens with zero attached hydrogens (tertiary/aromatic N) is 2. The van der Waals surface area contributed by atoms with Crippen LogP contribution < -0.4 is 5.32 Å². The van der Waals surface area contributed by atoms with E-state index in [1.807, 2.05) is 32.0 Å². The summed E-state index contributed by atoms with van der Waals surface area (Å²) in [7, 11) is -3.23. The van der Waals surface area contributed by atoms with E-state index < -0.39 is 10.0 Å². The summed E-state index contributed by atoms with van der Waals surface area (Å²) in [6.07, 6.45) is 1.62. The van der Waals surface area contributed by atoms with Gasteiger partial charge in [0.05, 0.1) is 23.7 Å². The molecule has 1 fully saturated rings. The van der Waals surface area contributed by atoms with Crippen molar-refractivity contribution in [3.8, 4) is 0 Å². The van der Waals surface area contributed by atoms with Crippen LogP contribution in [0, 0.1) is 0 Å². The number of nitrogens with one attached hydrogen (secondary N) is 1. The lowest BCUT2D eigenvalue weighted by Crippen LogP contribution is -2.49. The number of hydrogen-bond donors (Lipinski definition) is 1. The third kappa shape index (κ3) is 5.03. The summed E-state index contributed by atoms with van der Waals surface area (Å²) < 4.78 is 31.7. The monoisotopic (exact) mass is 313 g/mol. The topological polar surface area (TPSA) is 71.5 Å². The average Bonchev–Trinajstić information content (AvgIpc) is 2.44. The van der Waals surface area contributed by atoms with Crippen molar-refractivity contribution >= 4 is 10.0 Å². The van der Waals surface area contributed by atoms with E-state index in [2.05, 4.69) is 10.3 Å². The van der Waals surface area contributed by atoms with Gasteiger partial charge in [0.15, 0.2) is 0 Å². The Morgan fingerprint density at radius 2 is 2.05 bits per heavy atom. The van der Waals surface area contributed by atoms with Gasteiger partial charge in [-0.25, -0.2) is 8.42 Å². The van der Waals surface area contributed by atoms with Crippen molar-refractivity contribution in [2.24, 2.45) is 0 Å². The van der Waals surface area contributed by atoms with Gasteiger partial charge in [0.2, 0.25) is 10.0 Å². The fourth-order valence-electron chi connectivity index (χ4n) is 2.41. The largest absolute Gasteiger partial charge is 0.373 e. The van der Waals surface area contributed by atoms with Crippen molar-refractivity contribution in [2.45, 2.75) is 32.6 Å². The fraction of sp³-hybridized carbons (Fsp3) is 0.643. The Kier molecular flexibility index (Phi) is 5.69. The lowest BCUT2D eigenvalue weighted by atomic mass is 10.3. The normalized spacial score (nSPS) is 24.1. The lowest BCUT2D eigenvalue weighted by molar-refractivity contribution is -0.0440. The molecule has 6 nitrogen and oxygen atoms in total. The van der Waals surface area contributed by atoms with E-state index in [-0.39, 0.29) is 18.0 Å². The first-order valence-corrected chi connectivity index (χ1v) is 8.82. The molecule has 0 aromatic carbocycles. The highest BCUT2D eigenvalue weighted by Gasteiger charge is 2.30. The van der Waals surface area contributed by atoms with E-state index in [0.717, 1.165) is 5.69 Å². The maximum absolute atomic E-state index is 12.3. The second-order valence-corrected chi connectivity index (χ2v) is 7.48. The van der Waals surface area contributed by atoms with Gasteiger partial charge >= 0.3 is 0 Å². The van der Waals surface area contributed by atoms with Crippen LogP contribution in [0.25, 0.3) is 0 Å². The van der Waals surface area contributed by atoms with Crippen LogP contribution in [0.4, 0.5) is 0 Å². The van der Waals surface area contributed by atoms with E-state index in [9.17, 15) is 8.42 Å². The van der Waals surface area contributed by atoms with Crippen LogP contribution in [-0.2, 0) is 21.3 Å². The van der Waals surface area contributed by atoms with Gasteiger partial charge in [0.25, 0.3) is 0 Å². The third-order valence-corrected chi connectivity index (χ3v) is 5.15. The Hall–Kier alpha value is -1.02. The Morgan fingerprint density at radius 1 is 1.33 bits per heavy atom. The summed E-state index contributed by atoms with van der Waals surface area (Å²) in [6.45, 7) is 5.67. The highest BCUT2D eigenvalue weighted by atomic mass is 32.2. The quantitative estimate of drug-likeness (QED) is 0.779. The van der Waals surface area contributed by atoms with E-state index >= 15 is 0 Å². The molecule has 0 unspecified atom stereocenters. The third-order valence-electron chi connectivity index (χ3n) is 3.35. The van der Waals surface area contributed by atoms with Crippen molar-refractivity contribution in [1.29, 1.82) is 0 Å². The summed E-state index contributed by atoms with van der Waals surface area (Å²) in [4.78, 5) is 4.18. The number of hydrogen-bond acceptors (Lipinski definition) is 5. The van der Waals surface area contributed by atoms with Gasteiger partial charge in [-0.2, -0.15) is 4.31 Å². The number of sulfonamides is 1. The molecule has 2 heterocycles. The van der Waals surface area contributed by atoms with Crippen molar-refractivity contribution < 1.29 is 13.2 Å². The molecule has 0 radical (unpaired) electrons. The van der Waals surface area contributed by atoms with Crippen LogP contribution in [0.2, 0.25) is 0 Å². The van der Waals surface area contributed by atoms with E-state index in [4.69, 9.17) is 4.74 Å². The minimum atomic E-state index is -3.23. The van der Waals surface area contributed by atoms with Gasteiger partial charge in [-0.05, 0) is 26.0 Å². The molecule has 2 rings (SSSR count). The van der Waals surface area contributed by atoms with Crippen molar-refractivity contribution in [3.63, 3.8) is 0 Å². The second-order valence-electron chi connectivity index (χ2n) is 5.39. The summed E-state index contributed by atoms with van der Waals surface area (Å²) in [6, 6.07) is 5.68.